The van der Waals surface area contributed by atoms with Gasteiger partial charge in [0, 0.05) is 18.2 Å². The Kier molecular flexibility index (Phi) is 6.58. The van der Waals surface area contributed by atoms with Crippen molar-refractivity contribution in [3.05, 3.63) is 126 Å². The van der Waals surface area contributed by atoms with Crippen LogP contribution >= 0.6 is 0 Å². The van der Waals surface area contributed by atoms with Gasteiger partial charge in [-0.25, -0.2) is 9.59 Å². The van der Waals surface area contributed by atoms with Crippen LogP contribution in [-0.2, 0) is 6.61 Å². The Morgan fingerprint density at radius 1 is 0.531 bits per heavy atom. The van der Waals surface area contributed by atoms with Gasteiger partial charge in [-0.3, -0.25) is 0 Å². The molecule has 0 amide bonds. The fourth-order valence-electron chi connectivity index (χ4n) is 2.97. The Balaban J connectivity index is 1.57. The molecule has 0 saturated carbocycles. The van der Waals surface area contributed by atoms with Gasteiger partial charge in [0.05, 0.1) is 11.1 Å². The Bertz CT molecular complexity index is 1120. The van der Waals surface area contributed by atoms with Crippen molar-refractivity contribution in [2.75, 3.05) is 0 Å². The molecule has 0 atom stereocenters. The molecule has 32 heavy (non-hydrogen) atoms. The Labute approximate surface area is 185 Å². The zero-order valence-electron chi connectivity index (χ0n) is 17.1. The SMILES string of the molecule is O=C(Oc1cc(OCc2ccccc2)cc(OC(=O)c2ccccc2)c1)c1ccccc1. The van der Waals surface area contributed by atoms with Crippen molar-refractivity contribution in [1.29, 1.82) is 0 Å². The Hall–Kier alpha value is -4.38. The first-order chi connectivity index (χ1) is 15.7. The van der Waals surface area contributed by atoms with Gasteiger partial charge in [-0.05, 0) is 29.8 Å². The van der Waals surface area contributed by atoms with Crippen molar-refractivity contribution in [3.8, 4) is 17.2 Å². The molecule has 158 valence electrons. The minimum absolute atomic E-state index is 0.209. The second-order valence-corrected chi connectivity index (χ2v) is 6.93. The summed E-state index contributed by atoms with van der Waals surface area (Å²) < 4.78 is 16.9. The van der Waals surface area contributed by atoms with Crippen LogP contribution in [0.15, 0.2) is 109 Å². The second-order valence-electron chi connectivity index (χ2n) is 6.93. The van der Waals surface area contributed by atoms with Gasteiger partial charge in [0.25, 0.3) is 0 Å². The molecule has 0 saturated heterocycles. The summed E-state index contributed by atoms with van der Waals surface area (Å²) in [6.45, 7) is 0.309. The van der Waals surface area contributed by atoms with E-state index in [2.05, 4.69) is 0 Å². The molecule has 0 spiro atoms. The van der Waals surface area contributed by atoms with Crippen LogP contribution in [0.25, 0.3) is 0 Å². The maximum atomic E-state index is 12.5. The van der Waals surface area contributed by atoms with E-state index in [1.165, 1.54) is 6.07 Å². The summed E-state index contributed by atoms with van der Waals surface area (Å²) in [6.07, 6.45) is 0. The minimum Gasteiger partial charge on any atom is -0.489 e. The zero-order valence-corrected chi connectivity index (χ0v) is 17.1. The Morgan fingerprint density at radius 3 is 1.41 bits per heavy atom. The maximum Gasteiger partial charge on any atom is 0.343 e. The van der Waals surface area contributed by atoms with E-state index in [-0.39, 0.29) is 11.5 Å². The molecule has 0 heterocycles. The van der Waals surface area contributed by atoms with Gasteiger partial charge in [0.2, 0.25) is 0 Å². The van der Waals surface area contributed by atoms with Gasteiger partial charge >= 0.3 is 11.9 Å². The lowest BCUT2D eigenvalue weighted by atomic mass is 10.2. The van der Waals surface area contributed by atoms with E-state index < -0.39 is 11.9 Å². The van der Waals surface area contributed by atoms with Crippen LogP contribution in [0.4, 0.5) is 0 Å². The predicted molar refractivity (Wildman–Crippen MR) is 120 cm³/mol. The van der Waals surface area contributed by atoms with Crippen molar-refractivity contribution in [2.24, 2.45) is 0 Å². The fourth-order valence-corrected chi connectivity index (χ4v) is 2.97. The second kappa shape index (κ2) is 10.1. The normalized spacial score (nSPS) is 10.2. The third kappa shape index (κ3) is 5.61. The smallest absolute Gasteiger partial charge is 0.343 e. The van der Waals surface area contributed by atoms with Crippen molar-refractivity contribution < 1.29 is 23.8 Å². The third-order valence-electron chi connectivity index (χ3n) is 4.54. The van der Waals surface area contributed by atoms with Crippen LogP contribution in [0, 0.1) is 0 Å². The highest BCUT2D eigenvalue weighted by Gasteiger charge is 2.14. The van der Waals surface area contributed by atoms with Crippen molar-refractivity contribution in [3.63, 3.8) is 0 Å². The van der Waals surface area contributed by atoms with Gasteiger partial charge in [-0.1, -0.05) is 66.7 Å². The molecule has 4 aromatic rings. The average molecular weight is 424 g/mol. The first kappa shape index (κ1) is 20.9. The maximum absolute atomic E-state index is 12.5. The third-order valence-corrected chi connectivity index (χ3v) is 4.54. The summed E-state index contributed by atoms with van der Waals surface area (Å²) in [4.78, 5) is 25.0. The van der Waals surface area contributed by atoms with Gasteiger partial charge in [-0.15, -0.1) is 0 Å². The fraction of sp³-hybridized carbons (Fsp3) is 0.0370. The van der Waals surface area contributed by atoms with E-state index in [0.29, 0.717) is 23.5 Å². The minimum atomic E-state index is -0.522. The summed E-state index contributed by atoms with van der Waals surface area (Å²) in [5, 5.41) is 0. The first-order valence-electron chi connectivity index (χ1n) is 10.0. The lowest BCUT2D eigenvalue weighted by Gasteiger charge is -2.12. The number of ether oxygens (including phenoxy) is 3. The van der Waals surface area contributed by atoms with Crippen molar-refractivity contribution in [2.45, 2.75) is 6.61 Å². The van der Waals surface area contributed by atoms with Crippen molar-refractivity contribution >= 4 is 11.9 Å². The molecule has 0 fully saturated rings. The molecule has 0 aliphatic heterocycles. The molecule has 5 heteroatoms. The van der Waals surface area contributed by atoms with E-state index in [1.54, 1.807) is 60.7 Å². The number of hydrogen-bond donors (Lipinski definition) is 0. The van der Waals surface area contributed by atoms with Crippen LogP contribution in [0.3, 0.4) is 0 Å². The zero-order chi connectivity index (χ0) is 22.2. The van der Waals surface area contributed by atoms with Gasteiger partial charge in [0.15, 0.2) is 0 Å². The van der Waals surface area contributed by atoms with Gasteiger partial charge in [-0.2, -0.15) is 0 Å². The van der Waals surface area contributed by atoms with E-state index in [0.717, 1.165) is 5.56 Å². The van der Waals surface area contributed by atoms with E-state index in [4.69, 9.17) is 14.2 Å². The van der Waals surface area contributed by atoms with Gasteiger partial charge in [0.1, 0.15) is 23.9 Å². The summed E-state index contributed by atoms with van der Waals surface area (Å²) in [6, 6.07) is 31.6. The molecule has 0 aliphatic rings. The average Bonchev–Trinajstić information content (AvgIpc) is 2.84. The molecular formula is C27H20O5. The largest absolute Gasteiger partial charge is 0.489 e. The standard InChI is InChI=1S/C27H20O5/c28-26(21-12-6-2-7-13-21)31-24-16-23(30-19-20-10-4-1-5-11-20)17-25(18-24)32-27(29)22-14-8-3-9-15-22/h1-18H,19H2. The predicted octanol–water partition coefficient (Wildman–Crippen LogP) is 5.70. The monoisotopic (exact) mass is 424 g/mol. The van der Waals surface area contributed by atoms with Crippen LogP contribution in [0.2, 0.25) is 0 Å². The highest BCUT2D eigenvalue weighted by Crippen LogP contribution is 2.29. The lowest BCUT2D eigenvalue weighted by molar-refractivity contribution is 0.0732. The molecular weight excluding hydrogens is 404 g/mol. The molecule has 0 bridgehead atoms. The summed E-state index contributed by atoms with van der Waals surface area (Å²) in [5.41, 5.74) is 1.79. The highest BCUT2D eigenvalue weighted by atomic mass is 16.5. The van der Waals surface area contributed by atoms with Crippen LogP contribution in [0.5, 0.6) is 17.2 Å². The van der Waals surface area contributed by atoms with E-state index in [1.807, 2.05) is 42.5 Å². The van der Waals surface area contributed by atoms with Crippen molar-refractivity contribution in [1.82, 2.24) is 0 Å². The molecule has 0 aromatic heterocycles. The molecule has 0 aliphatic carbocycles. The first-order valence-corrected chi connectivity index (χ1v) is 10.0. The topological polar surface area (TPSA) is 61.8 Å². The molecule has 0 unspecified atom stereocenters. The van der Waals surface area contributed by atoms with E-state index in [9.17, 15) is 9.59 Å². The van der Waals surface area contributed by atoms with Crippen LogP contribution in [0.1, 0.15) is 26.3 Å². The molecule has 4 rings (SSSR count). The molecule has 4 aromatic carbocycles. The highest BCUT2D eigenvalue weighted by molar-refractivity contribution is 5.92. The van der Waals surface area contributed by atoms with Gasteiger partial charge < -0.3 is 14.2 Å². The summed E-state index contributed by atoms with van der Waals surface area (Å²) in [5.74, 6) is -0.221. The number of esters is 2. The van der Waals surface area contributed by atoms with Crippen LogP contribution < -0.4 is 14.2 Å². The van der Waals surface area contributed by atoms with Crippen LogP contribution in [-0.4, -0.2) is 11.9 Å². The molecule has 5 nitrogen and oxygen atoms in total. The number of benzene rings is 4. The molecule has 0 radical (unpaired) electrons. The quantitative estimate of drug-likeness (QED) is 0.281. The summed E-state index contributed by atoms with van der Waals surface area (Å²) in [7, 11) is 0. The number of rotatable bonds is 7. The number of carbonyl (C=O) groups excluding carboxylic acids is 2. The summed E-state index contributed by atoms with van der Waals surface area (Å²) >= 11 is 0. The Morgan fingerprint density at radius 2 is 0.938 bits per heavy atom. The number of carbonyl (C=O) groups is 2. The van der Waals surface area contributed by atoms with E-state index >= 15 is 0 Å². The number of hydrogen-bond acceptors (Lipinski definition) is 5. The lowest BCUT2D eigenvalue weighted by Crippen LogP contribution is -2.10. The molecule has 0 N–H and O–H groups in total.